The molecule has 29 heavy (non-hydrogen) atoms. The lowest BCUT2D eigenvalue weighted by Crippen LogP contribution is -2.38. The molecule has 0 fully saturated rings. The van der Waals surface area contributed by atoms with Gasteiger partial charge >= 0.3 is 0 Å². The second kappa shape index (κ2) is 7.87. The SMILES string of the molecule is O=S(=O)(O)C(c1ccccc1)(c1cc(Cl)cc(Cl)c1Cl)c1c(O)ccc(Cl)c1O. The number of phenols is 2. The van der Waals surface area contributed by atoms with Crippen LogP contribution >= 0.6 is 46.4 Å². The lowest BCUT2D eigenvalue weighted by atomic mass is 9.82. The first-order valence-electron chi connectivity index (χ1n) is 7.90. The lowest BCUT2D eigenvalue weighted by molar-refractivity contribution is 0.416. The second-order valence-electron chi connectivity index (χ2n) is 6.06. The van der Waals surface area contributed by atoms with E-state index in [2.05, 4.69) is 0 Å². The number of phenolic OH excluding ortho intramolecular Hbond substituents is 2. The van der Waals surface area contributed by atoms with Crippen LogP contribution in [0.4, 0.5) is 0 Å². The van der Waals surface area contributed by atoms with Crippen molar-refractivity contribution in [2.24, 2.45) is 0 Å². The zero-order valence-corrected chi connectivity index (χ0v) is 18.1. The van der Waals surface area contributed by atoms with Crippen LogP contribution in [0.1, 0.15) is 16.7 Å². The van der Waals surface area contributed by atoms with Crippen LogP contribution in [0.3, 0.4) is 0 Å². The van der Waals surface area contributed by atoms with Crippen molar-refractivity contribution in [3.05, 3.63) is 91.4 Å². The quantitative estimate of drug-likeness (QED) is 0.239. The molecule has 5 nitrogen and oxygen atoms in total. The van der Waals surface area contributed by atoms with E-state index in [1.54, 1.807) is 6.07 Å². The summed E-state index contributed by atoms with van der Waals surface area (Å²) < 4.78 is 33.9. The zero-order valence-electron chi connectivity index (χ0n) is 14.3. The molecule has 152 valence electrons. The average Bonchev–Trinajstić information content (AvgIpc) is 2.65. The molecular formula is C19H12Cl4O5S. The molecule has 0 saturated heterocycles. The first-order valence-corrected chi connectivity index (χ1v) is 10.9. The van der Waals surface area contributed by atoms with E-state index in [0.29, 0.717) is 0 Å². The summed E-state index contributed by atoms with van der Waals surface area (Å²) >= 11 is 24.5. The Morgan fingerprint density at radius 3 is 2.03 bits per heavy atom. The van der Waals surface area contributed by atoms with E-state index in [1.807, 2.05) is 0 Å². The Morgan fingerprint density at radius 1 is 0.828 bits per heavy atom. The van der Waals surface area contributed by atoms with Crippen molar-refractivity contribution in [2.45, 2.75) is 4.75 Å². The van der Waals surface area contributed by atoms with Gasteiger partial charge in [0.25, 0.3) is 10.1 Å². The van der Waals surface area contributed by atoms with E-state index in [-0.39, 0.29) is 31.2 Å². The van der Waals surface area contributed by atoms with Gasteiger partial charge in [-0.25, -0.2) is 0 Å². The van der Waals surface area contributed by atoms with Gasteiger partial charge in [0, 0.05) is 10.6 Å². The molecule has 0 amide bonds. The lowest BCUT2D eigenvalue weighted by Gasteiger charge is -2.34. The van der Waals surface area contributed by atoms with E-state index < -0.39 is 31.9 Å². The average molecular weight is 494 g/mol. The normalized spacial score (nSPS) is 13.8. The molecular weight excluding hydrogens is 482 g/mol. The summed E-state index contributed by atoms with van der Waals surface area (Å²) in [5.74, 6) is -1.42. The third kappa shape index (κ3) is 3.54. The first-order chi connectivity index (χ1) is 13.5. The first kappa shape index (κ1) is 22.0. The Balaban J connectivity index is 2.69. The zero-order chi connectivity index (χ0) is 21.6. The van der Waals surface area contributed by atoms with Crippen LogP contribution in [0.5, 0.6) is 11.5 Å². The molecule has 0 radical (unpaired) electrons. The van der Waals surface area contributed by atoms with Gasteiger partial charge < -0.3 is 10.2 Å². The number of aromatic hydroxyl groups is 2. The van der Waals surface area contributed by atoms with Gasteiger partial charge in [-0.3, -0.25) is 4.55 Å². The molecule has 0 aliphatic heterocycles. The maximum atomic E-state index is 13.0. The third-order valence-electron chi connectivity index (χ3n) is 4.40. The molecule has 0 aliphatic carbocycles. The maximum Gasteiger partial charge on any atom is 0.283 e. The summed E-state index contributed by atoms with van der Waals surface area (Å²) in [5, 5.41) is 20.6. The molecule has 3 rings (SSSR count). The Kier molecular flexibility index (Phi) is 5.98. The van der Waals surface area contributed by atoms with E-state index in [9.17, 15) is 23.2 Å². The summed E-state index contributed by atoms with van der Waals surface area (Å²) in [6, 6.07) is 12.1. The largest absolute Gasteiger partial charge is 0.507 e. The third-order valence-corrected chi connectivity index (χ3v) is 7.16. The molecule has 0 bridgehead atoms. The molecule has 0 aliphatic rings. The summed E-state index contributed by atoms with van der Waals surface area (Å²) in [7, 11) is -5.18. The number of hydrogen-bond donors (Lipinski definition) is 3. The van der Waals surface area contributed by atoms with Gasteiger partial charge in [0.15, 0.2) is 4.75 Å². The fraction of sp³-hybridized carbons (Fsp3) is 0.0526. The Morgan fingerprint density at radius 2 is 1.45 bits per heavy atom. The molecule has 1 unspecified atom stereocenters. The Hall–Kier alpha value is -1.67. The molecule has 0 spiro atoms. The highest BCUT2D eigenvalue weighted by atomic mass is 35.5. The molecule has 0 saturated carbocycles. The monoisotopic (exact) mass is 492 g/mol. The summed E-state index contributed by atoms with van der Waals surface area (Å²) in [4.78, 5) is 0. The van der Waals surface area contributed by atoms with Crippen molar-refractivity contribution in [2.75, 3.05) is 0 Å². The molecule has 1 atom stereocenters. The van der Waals surface area contributed by atoms with Crippen LogP contribution in [0.2, 0.25) is 20.1 Å². The molecule has 3 N–H and O–H groups in total. The van der Waals surface area contributed by atoms with Crippen molar-refractivity contribution >= 4 is 56.5 Å². The minimum atomic E-state index is -5.18. The van der Waals surface area contributed by atoms with Gasteiger partial charge in [-0.1, -0.05) is 76.7 Å². The molecule has 10 heteroatoms. The van der Waals surface area contributed by atoms with Crippen molar-refractivity contribution in [3.63, 3.8) is 0 Å². The highest BCUT2D eigenvalue weighted by Crippen LogP contribution is 2.54. The Bertz CT molecular complexity index is 1200. The highest BCUT2D eigenvalue weighted by Gasteiger charge is 2.53. The minimum absolute atomic E-state index is 0.0133. The van der Waals surface area contributed by atoms with Crippen LogP contribution in [-0.4, -0.2) is 23.2 Å². The Labute approximate surface area is 186 Å². The standard InChI is InChI=1S/C19H12Cl4O5S/c20-11-8-12(17(23)14(22)9-11)19(29(26,27)28,10-4-2-1-3-5-10)16-15(24)7-6-13(21)18(16)25/h1-9,24-25H,(H,26,27,28). The fourth-order valence-electron chi connectivity index (χ4n) is 3.24. The minimum Gasteiger partial charge on any atom is -0.507 e. The summed E-state index contributed by atoms with van der Waals surface area (Å²) in [6.45, 7) is 0. The maximum absolute atomic E-state index is 13.0. The number of halogens is 4. The van der Waals surface area contributed by atoms with E-state index in [4.69, 9.17) is 46.4 Å². The second-order valence-corrected chi connectivity index (χ2v) is 9.25. The van der Waals surface area contributed by atoms with Gasteiger partial charge in [-0.2, -0.15) is 8.42 Å². The van der Waals surface area contributed by atoms with Crippen LogP contribution in [0.25, 0.3) is 0 Å². The highest BCUT2D eigenvalue weighted by molar-refractivity contribution is 7.87. The summed E-state index contributed by atoms with van der Waals surface area (Å²) in [5.41, 5.74) is -0.923. The predicted octanol–water partition coefficient (Wildman–Crippen LogP) is 5.89. The number of hydrogen-bond acceptors (Lipinski definition) is 4. The van der Waals surface area contributed by atoms with Crippen LogP contribution < -0.4 is 0 Å². The number of rotatable bonds is 4. The van der Waals surface area contributed by atoms with Gasteiger partial charge in [0.2, 0.25) is 0 Å². The van der Waals surface area contributed by atoms with Crippen molar-refractivity contribution < 1.29 is 23.2 Å². The van der Waals surface area contributed by atoms with E-state index in [0.717, 1.165) is 6.07 Å². The smallest absolute Gasteiger partial charge is 0.283 e. The van der Waals surface area contributed by atoms with Crippen molar-refractivity contribution in [3.8, 4) is 11.5 Å². The van der Waals surface area contributed by atoms with Gasteiger partial charge in [-0.05, 0) is 29.8 Å². The van der Waals surface area contributed by atoms with Gasteiger partial charge in [0.1, 0.15) is 11.5 Å². The van der Waals surface area contributed by atoms with Crippen LogP contribution in [0, 0.1) is 0 Å². The predicted molar refractivity (Wildman–Crippen MR) is 114 cm³/mol. The fourth-order valence-corrected chi connectivity index (χ4v) is 5.53. The van der Waals surface area contributed by atoms with Crippen molar-refractivity contribution in [1.82, 2.24) is 0 Å². The molecule has 0 aromatic heterocycles. The number of benzene rings is 3. The van der Waals surface area contributed by atoms with E-state index in [1.165, 1.54) is 42.5 Å². The van der Waals surface area contributed by atoms with Gasteiger partial charge in [-0.15, -0.1) is 0 Å². The van der Waals surface area contributed by atoms with Gasteiger partial charge in [0.05, 0.1) is 20.6 Å². The van der Waals surface area contributed by atoms with Crippen LogP contribution in [0.15, 0.2) is 54.6 Å². The van der Waals surface area contributed by atoms with Crippen LogP contribution in [-0.2, 0) is 14.9 Å². The topological polar surface area (TPSA) is 94.8 Å². The molecule has 3 aromatic rings. The summed E-state index contributed by atoms with van der Waals surface area (Å²) in [6.07, 6.45) is 0. The van der Waals surface area contributed by atoms with Crippen molar-refractivity contribution in [1.29, 1.82) is 0 Å². The van der Waals surface area contributed by atoms with E-state index >= 15 is 0 Å². The molecule has 3 aromatic carbocycles. The molecule has 0 heterocycles.